The molecular weight excluding hydrogens is 352 g/mol. The number of rotatable bonds is 5. The molecule has 2 aliphatic rings. The molecule has 1 unspecified atom stereocenters. The molecule has 4 rings (SSSR count). The molecule has 0 saturated carbocycles. The molecule has 26 heavy (non-hydrogen) atoms. The van der Waals surface area contributed by atoms with Gasteiger partial charge in [0, 0.05) is 31.8 Å². The zero-order valence-corrected chi connectivity index (χ0v) is 15.5. The van der Waals surface area contributed by atoms with E-state index in [2.05, 4.69) is 4.98 Å². The molecule has 0 N–H and O–H groups in total. The lowest BCUT2D eigenvalue weighted by atomic mass is 9.83. The van der Waals surface area contributed by atoms with Gasteiger partial charge in [-0.05, 0) is 37.1 Å². The molecule has 2 fully saturated rings. The molecule has 3 heterocycles. The van der Waals surface area contributed by atoms with Crippen LogP contribution >= 0.6 is 0 Å². The van der Waals surface area contributed by atoms with Crippen LogP contribution in [0.2, 0.25) is 0 Å². The minimum Gasteiger partial charge on any atom is -0.492 e. The summed E-state index contributed by atoms with van der Waals surface area (Å²) < 4.78 is 39.1. The van der Waals surface area contributed by atoms with Crippen molar-refractivity contribution in [3.8, 4) is 5.75 Å². The number of aromatic nitrogens is 1. The molecule has 2 aromatic rings. The van der Waals surface area contributed by atoms with Crippen molar-refractivity contribution in [2.24, 2.45) is 5.92 Å². The largest absolute Gasteiger partial charge is 0.492 e. The van der Waals surface area contributed by atoms with Crippen LogP contribution in [0, 0.1) is 12.8 Å². The molecule has 1 aromatic heterocycles. The number of ether oxygens (including phenoxy) is 2. The molecule has 6 nitrogen and oxygen atoms in total. The molecule has 2 saturated heterocycles. The van der Waals surface area contributed by atoms with Gasteiger partial charge in [0.2, 0.25) is 10.0 Å². The molecule has 0 amide bonds. The van der Waals surface area contributed by atoms with Crippen molar-refractivity contribution in [1.29, 1.82) is 0 Å². The van der Waals surface area contributed by atoms with Crippen LogP contribution in [0.3, 0.4) is 0 Å². The van der Waals surface area contributed by atoms with Crippen molar-refractivity contribution in [2.45, 2.75) is 23.8 Å². The first kappa shape index (κ1) is 17.5. The smallest absolute Gasteiger partial charge is 0.243 e. The highest BCUT2D eigenvalue weighted by atomic mass is 32.2. The summed E-state index contributed by atoms with van der Waals surface area (Å²) in [5.41, 5.74) is 0.329. The van der Waals surface area contributed by atoms with Crippen molar-refractivity contribution < 1.29 is 17.9 Å². The van der Waals surface area contributed by atoms with Crippen LogP contribution < -0.4 is 4.74 Å². The normalized spacial score (nSPS) is 22.3. The van der Waals surface area contributed by atoms with Gasteiger partial charge >= 0.3 is 0 Å². The summed E-state index contributed by atoms with van der Waals surface area (Å²) in [5, 5.41) is 0. The molecule has 0 bridgehead atoms. The van der Waals surface area contributed by atoms with Crippen molar-refractivity contribution in [2.75, 3.05) is 26.3 Å². The molecule has 1 aromatic carbocycles. The number of sulfonamides is 1. The molecule has 1 spiro atoms. The quantitative estimate of drug-likeness (QED) is 0.803. The molecule has 0 radical (unpaired) electrons. The van der Waals surface area contributed by atoms with Gasteiger partial charge in [-0.25, -0.2) is 8.42 Å². The van der Waals surface area contributed by atoms with E-state index in [0.29, 0.717) is 31.2 Å². The van der Waals surface area contributed by atoms with Crippen LogP contribution in [0.1, 0.15) is 12.0 Å². The molecule has 0 aliphatic carbocycles. The predicted octanol–water partition coefficient (Wildman–Crippen LogP) is 2.25. The van der Waals surface area contributed by atoms with Gasteiger partial charge in [0.05, 0.1) is 17.7 Å². The number of aryl methyl sites for hydroxylation is 1. The van der Waals surface area contributed by atoms with Crippen molar-refractivity contribution in [3.05, 3.63) is 54.4 Å². The van der Waals surface area contributed by atoms with E-state index < -0.39 is 15.6 Å². The Balaban J connectivity index is 1.44. The lowest BCUT2D eigenvalue weighted by Gasteiger charge is -2.49. The second-order valence-electron chi connectivity index (χ2n) is 6.94. The Morgan fingerprint density at radius 1 is 1.27 bits per heavy atom. The first-order valence-electron chi connectivity index (χ1n) is 8.74. The van der Waals surface area contributed by atoms with Gasteiger partial charge in [0.1, 0.15) is 11.4 Å². The zero-order valence-electron chi connectivity index (χ0n) is 14.7. The molecule has 7 heteroatoms. The Morgan fingerprint density at radius 2 is 2.08 bits per heavy atom. The summed E-state index contributed by atoms with van der Waals surface area (Å²) in [6.07, 6.45) is 4.25. The Kier molecular flexibility index (Phi) is 4.46. The highest BCUT2D eigenvalue weighted by Crippen LogP contribution is 2.42. The average Bonchev–Trinajstić information content (AvgIpc) is 3.04. The third kappa shape index (κ3) is 3.00. The third-order valence-electron chi connectivity index (χ3n) is 5.28. The summed E-state index contributed by atoms with van der Waals surface area (Å²) in [6.45, 7) is 3.72. The number of nitrogens with zero attached hydrogens (tertiary/aromatic N) is 2. The van der Waals surface area contributed by atoms with E-state index in [4.69, 9.17) is 9.47 Å². The van der Waals surface area contributed by atoms with E-state index >= 15 is 0 Å². The highest BCUT2D eigenvalue weighted by molar-refractivity contribution is 7.89. The van der Waals surface area contributed by atoms with Crippen LogP contribution in [-0.4, -0.2) is 49.6 Å². The van der Waals surface area contributed by atoms with Crippen LogP contribution in [0.5, 0.6) is 5.75 Å². The average molecular weight is 374 g/mol. The zero-order chi connectivity index (χ0) is 18.2. The van der Waals surface area contributed by atoms with Crippen LogP contribution in [0.15, 0.2) is 53.7 Å². The van der Waals surface area contributed by atoms with Gasteiger partial charge in [-0.3, -0.25) is 4.98 Å². The van der Waals surface area contributed by atoms with Crippen LogP contribution in [0.4, 0.5) is 0 Å². The minimum atomic E-state index is -3.48. The van der Waals surface area contributed by atoms with Crippen molar-refractivity contribution >= 4 is 10.0 Å². The molecule has 138 valence electrons. The predicted molar refractivity (Wildman–Crippen MR) is 96.5 cm³/mol. The standard InChI is InChI=1S/C19H22N2O4S/c1-15-5-2-3-7-18(15)26(22,23)21-13-19(14-21)16(8-10-25-19)12-24-17-6-4-9-20-11-17/h2-7,9,11,16H,8,10,12-14H2,1H3. The first-order valence-corrected chi connectivity index (χ1v) is 10.2. The summed E-state index contributed by atoms with van der Waals surface area (Å²) in [7, 11) is -3.48. The fourth-order valence-electron chi connectivity index (χ4n) is 3.70. The van der Waals surface area contributed by atoms with E-state index in [-0.39, 0.29) is 5.92 Å². The second kappa shape index (κ2) is 6.64. The number of hydrogen-bond donors (Lipinski definition) is 0. The van der Waals surface area contributed by atoms with E-state index in [0.717, 1.165) is 17.7 Å². The Morgan fingerprint density at radius 3 is 2.81 bits per heavy atom. The van der Waals surface area contributed by atoms with Gasteiger partial charge in [0.15, 0.2) is 0 Å². The van der Waals surface area contributed by atoms with E-state index in [1.807, 2.05) is 31.2 Å². The van der Waals surface area contributed by atoms with E-state index in [1.54, 1.807) is 24.5 Å². The van der Waals surface area contributed by atoms with Gasteiger partial charge in [-0.2, -0.15) is 4.31 Å². The second-order valence-corrected chi connectivity index (χ2v) is 8.84. The summed E-state index contributed by atoms with van der Waals surface area (Å²) in [4.78, 5) is 4.41. The molecule has 2 aliphatic heterocycles. The summed E-state index contributed by atoms with van der Waals surface area (Å²) >= 11 is 0. The van der Waals surface area contributed by atoms with Crippen LogP contribution in [0.25, 0.3) is 0 Å². The lowest BCUT2D eigenvalue weighted by Crippen LogP contribution is -2.66. The molecular formula is C19H22N2O4S. The van der Waals surface area contributed by atoms with Gasteiger partial charge in [-0.15, -0.1) is 0 Å². The fourth-order valence-corrected chi connectivity index (χ4v) is 5.49. The number of benzene rings is 1. The Labute approximate surface area is 153 Å². The highest BCUT2D eigenvalue weighted by Gasteiger charge is 2.56. The fraction of sp³-hybridized carbons (Fsp3) is 0.421. The maximum atomic E-state index is 12.9. The summed E-state index contributed by atoms with van der Waals surface area (Å²) in [6, 6.07) is 10.8. The van der Waals surface area contributed by atoms with Gasteiger partial charge < -0.3 is 9.47 Å². The maximum Gasteiger partial charge on any atom is 0.243 e. The SMILES string of the molecule is Cc1ccccc1S(=O)(=O)N1CC2(C1)OCCC2COc1cccnc1. The minimum absolute atomic E-state index is 0.172. The van der Waals surface area contributed by atoms with Crippen LogP contribution in [-0.2, 0) is 14.8 Å². The Bertz CT molecular complexity index is 879. The maximum absolute atomic E-state index is 12.9. The topological polar surface area (TPSA) is 68.7 Å². The first-order chi connectivity index (χ1) is 12.5. The lowest BCUT2D eigenvalue weighted by molar-refractivity contribution is -0.107. The summed E-state index contributed by atoms with van der Waals surface area (Å²) in [5.74, 6) is 0.893. The number of pyridine rings is 1. The molecule has 1 atom stereocenters. The van der Waals surface area contributed by atoms with Gasteiger partial charge in [0.25, 0.3) is 0 Å². The van der Waals surface area contributed by atoms with E-state index in [9.17, 15) is 8.42 Å². The van der Waals surface area contributed by atoms with E-state index in [1.165, 1.54) is 4.31 Å². The Hall–Kier alpha value is -1.96. The van der Waals surface area contributed by atoms with Gasteiger partial charge in [-0.1, -0.05) is 18.2 Å². The van der Waals surface area contributed by atoms with Crippen molar-refractivity contribution in [1.82, 2.24) is 9.29 Å². The number of hydrogen-bond acceptors (Lipinski definition) is 5. The van der Waals surface area contributed by atoms with Crippen molar-refractivity contribution in [3.63, 3.8) is 0 Å². The monoisotopic (exact) mass is 374 g/mol. The third-order valence-corrected chi connectivity index (χ3v) is 7.24.